The van der Waals surface area contributed by atoms with Crippen LogP contribution in [0.15, 0.2) is 48.7 Å². The van der Waals surface area contributed by atoms with E-state index in [1.54, 1.807) is 18.3 Å². The van der Waals surface area contributed by atoms with E-state index >= 15 is 0 Å². The number of rotatable bonds is 17. The lowest BCUT2D eigenvalue weighted by atomic mass is 9.89. The van der Waals surface area contributed by atoms with Crippen LogP contribution in [0.4, 0.5) is 23.5 Å². The lowest BCUT2D eigenvalue weighted by molar-refractivity contribution is 0.0511. The van der Waals surface area contributed by atoms with Gasteiger partial charge in [0.2, 0.25) is 17.8 Å². The number of aromatic nitrogens is 4. The number of benzene rings is 1. The lowest BCUT2D eigenvalue weighted by Crippen LogP contribution is -2.27. The summed E-state index contributed by atoms with van der Waals surface area (Å²) < 4.78 is 10.7. The van der Waals surface area contributed by atoms with Crippen molar-refractivity contribution in [2.24, 2.45) is 11.7 Å². The van der Waals surface area contributed by atoms with Gasteiger partial charge in [-0.3, -0.25) is 9.78 Å². The fourth-order valence-electron chi connectivity index (χ4n) is 4.50. The van der Waals surface area contributed by atoms with Crippen molar-refractivity contribution in [3.8, 4) is 0 Å². The molecule has 0 saturated heterocycles. The first-order chi connectivity index (χ1) is 20.2. The predicted octanol–water partition coefficient (Wildman–Crippen LogP) is 3.34. The molecule has 1 aliphatic rings. The second-order valence-electron chi connectivity index (χ2n) is 9.84. The zero-order valence-corrected chi connectivity index (χ0v) is 23.5. The Hall–Kier alpha value is -3.87. The Kier molecular flexibility index (Phi) is 12.5. The first-order valence-electron chi connectivity index (χ1n) is 14.3. The average Bonchev–Trinajstić information content (AvgIpc) is 3.01. The summed E-state index contributed by atoms with van der Waals surface area (Å²) in [6.45, 7) is 4.02. The molecule has 220 valence electrons. The number of hydrogen-bond donors (Lipinski definition) is 5. The van der Waals surface area contributed by atoms with Crippen molar-refractivity contribution < 1.29 is 14.3 Å². The van der Waals surface area contributed by atoms with Gasteiger partial charge in [-0.15, -0.1) is 0 Å². The van der Waals surface area contributed by atoms with Crippen LogP contribution in [0.5, 0.6) is 0 Å². The lowest BCUT2D eigenvalue weighted by Gasteiger charge is -2.21. The molecule has 1 saturated carbocycles. The monoisotopic (exact) mass is 563 g/mol. The summed E-state index contributed by atoms with van der Waals surface area (Å²) in [6, 6.07) is 13.0. The topological polar surface area (TPSA) is 161 Å². The van der Waals surface area contributed by atoms with Crippen molar-refractivity contribution in [3.05, 3.63) is 59.9 Å². The third-order valence-corrected chi connectivity index (χ3v) is 6.61. The number of carbonyl (C=O) groups is 1. The molecule has 0 spiro atoms. The van der Waals surface area contributed by atoms with Gasteiger partial charge in [0.25, 0.3) is 5.91 Å². The second-order valence-corrected chi connectivity index (χ2v) is 9.84. The molecule has 1 aromatic carbocycles. The van der Waals surface area contributed by atoms with E-state index in [0.717, 1.165) is 12.2 Å². The van der Waals surface area contributed by atoms with E-state index in [4.69, 9.17) is 15.2 Å². The van der Waals surface area contributed by atoms with Crippen molar-refractivity contribution >= 4 is 29.4 Å². The molecule has 2 aromatic heterocycles. The minimum Gasteiger partial charge on any atom is -0.378 e. The highest BCUT2D eigenvalue weighted by molar-refractivity contribution is 5.95. The standard InChI is InChI=1S/C29H41N9O3/c30-12-15-40-17-18-41-16-14-32-26(39)23-9-6-11-24(19-23)35-29-37-27(33-20-22-7-2-1-3-8-22)36-28(38-29)34-21-25-10-4-5-13-31-25/h4-6,9-11,13,19,22H,1-3,7-8,12,14-18,20-21,30H2,(H,32,39)(H3,33,34,35,36,37,38). The zero-order chi connectivity index (χ0) is 28.5. The van der Waals surface area contributed by atoms with Gasteiger partial charge in [0.15, 0.2) is 0 Å². The second kappa shape index (κ2) is 17.1. The van der Waals surface area contributed by atoms with Crippen LogP contribution in [0, 0.1) is 5.92 Å². The number of pyridine rings is 1. The van der Waals surface area contributed by atoms with Gasteiger partial charge in [0.1, 0.15) is 0 Å². The number of hydrogen-bond acceptors (Lipinski definition) is 11. The summed E-state index contributed by atoms with van der Waals surface area (Å²) in [5.41, 5.74) is 7.46. The van der Waals surface area contributed by atoms with Gasteiger partial charge in [-0.05, 0) is 49.1 Å². The van der Waals surface area contributed by atoms with Gasteiger partial charge < -0.3 is 36.5 Å². The van der Waals surface area contributed by atoms with Gasteiger partial charge in [-0.25, -0.2) is 0 Å². The summed E-state index contributed by atoms with van der Waals surface area (Å²) in [5.74, 6) is 1.73. The van der Waals surface area contributed by atoms with Crippen LogP contribution < -0.4 is 27.0 Å². The summed E-state index contributed by atoms with van der Waals surface area (Å²) in [6.07, 6.45) is 8.05. The third kappa shape index (κ3) is 10.9. The Morgan fingerprint density at radius 2 is 1.66 bits per heavy atom. The van der Waals surface area contributed by atoms with E-state index in [1.807, 2.05) is 30.3 Å². The number of amides is 1. The van der Waals surface area contributed by atoms with Crippen molar-refractivity contribution in [1.29, 1.82) is 0 Å². The largest absolute Gasteiger partial charge is 0.378 e. The quantitative estimate of drug-likeness (QED) is 0.153. The van der Waals surface area contributed by atoms with E-state index in [1.165, 1.54) is 32.1 Å². The van der Waals surface area contributed by atoms with Crippen LogP contribution in [0.1, 0.15) is 48.2 Å². The van der Waals surface area contributed by atoms with Crippen molar-refractivity contribution in [3.63, 3.8) is 0 Å². The first-order valence-corrected chi connectivity index (χ1v) is 14.3. The molecule has 1 amide bonds. The third-order valence-electron chi connectivity index (χ3n) is 6.61. The summed E-state index contributed by atoms with van der Waals surface area (Å²) in [4.78, 5) is 30.8. The molecule has 4 rings (SSSR count). The normalized spacial score (nSPS) is 13.5. The summed E-state index contributed by atoms with van der Waals surface area (Å²) >= 11 is 0. The molecule has 1 aliphatic carbocycles. The van der Waals surface area contributed by atoms with Crippen LogP contribution in [0.25, 0.3) is 0 Å². The molecule has 12 heteroatoms. The van der Waals surface area contributed by atoms with Crippen molar-refractivity contribution in [1.82, 2.24) is 25.3 Å². The number of nitrogens with zero attached hydrogens (tertiary/aromatic N) is 4. The maximum Gasteiger partial charge on any atom is 0.251 e. The Labute approximate surface area is 241 Å². The average molecular weight is 564 g/mol. The Morgan fingerprint density at radius 1 is 0.878 bits per heavy atom. The van der Waals surface area contributed by atoms with E-state index in [-0.39, 0.29) is 5.91 Å². The van der Waals surface area contributed by atoms with Crippen molar-refractivity contribution in [2.45, 2.75) is 38.6 Å². The molecule has 0 unspecified atom stereocenters. The number of nitrogens with two attached hydrogens (primary N) is 1. The Morgan fingerprint density at radius 3 is 2.44 bits per heavy atom. The maximum absolute atomic E-state index is 12.7. The molecular weight excluding hydrogens is 522 g/mol. The molecule has 0 atom stereocenters. The van der Waals surface area contributed by atoms with Gasteiger partial charge in [-0.2, -0.15) is 15.0 Å². The fourth-order valence-corrected chi connectivity index (χ4v) is 4.50. The van der Waals surface area contributed by atoms with Crippen LogP contribution >= 0.6 is 0 Å². The smallest absolute Gasteiger partial charge is 0.251 e. The Balaban J connectivity index is 1.36. The highest BCUT2D eigenvalue weighted by Gasteiger charge is 2.15. The van der Waals surface area contributed by atoms with Crippen LogP contribution in [0.3, 0.4) is 0 Å². The molecule has 12 nitrogen and oxygen atoms in total. The molecule has 6 N–H and O–H groups in total. The van der Waals surface area contributed by atoms with Gasteiger partial charge in [0.05, 0.1) is 38.7 Å². The van der Waals surface area contributed by atoms with Crippen LogP contribution in [-0.2, 0) is 16.0 Å². The van der Waals surface area contributed by atoms with E-state index in [0.29, 0.717) is 81.1 Å². The Bertz CT molecular complexity index is 1190. The zero-order valence-electron chi connectivity index (χ0n) is 23.5. The highest BCUT2D eigenvalue weighted by atomic mass is 16.5. The van der Waals surface area contributed by atoms with E-state index < -0.39 is 0 Å². The maximum atomic E-state index is 12.7. The molecule has 0 radical (unpaired) electrons. The SMILES string of the molecule is NCCOCCOCCNC(=O)c1cccc(Nc2nc(NCc3ccccn3)nc(NCC3CCCCC3)n2)c1. The summed E-state index contributed by atoms with van der Waals surface area (Å²) in [5, 5.41) is 12.8. The number of ether oxygens (including phenoxy) is 2. The molecule has 2 heterocycles. The number of nitrogens with one attached hydrogen (secondary N) is 4. The number of anilines is 4. The first kappa shape index (κ1) is 30.1. The van der Waals surface area contributed by atoms with Gasteiger partial charge in [-0.1, -0.05) is 31.4 Å². The van der Waals surface area contributed by atoms with Gasteiger partial charge in [0, 0.05) is 37.1 Å². The van der Waals surface area contributed by atoms with Crippen LogP contribution in [0.2, 0.25) is 0 Å². The van der Waals surface area contributed by atoms with E-state index in [2.05, 4.69) is 41.2 Å². The van der Waals surface area contributed by atoms with Gasteiger partial charge >= 0.3 is 0 Å². The molecule has 0 bridgehead atoms. The minimum atomic E-state index is -0.195. The fraction of sp³-hybridized carbons (Fsp3) is 0.483. The molecular formula is C29H41N9O3. The number of carbonyl (C=O) groups excluding carboxylic acids is 1. The highest BCUT2D eigenvalue weighted by Crippen LogP contribution is 2.24. The predicted molar refractivity (Wildman–Crippen MR) is 159 cm³/mol. The molecule has 0 aliphatic heterocycles. The molecule has 41 heavy (non-hydrogen) atoms. The summed E-state index contributed by atoms with van der Waals surface area (Å²) in [7, 11) is 0. The van der Waals surface area contributed by atoms with E-state index in [9.17, 15) is 4.79 Å². The molecule has 1 fully saturated rings. The minimum absolute atomic E-state index is 0.195. The molecule has 3 aromatic rings. The van der Waals surface area contributed by atoms with Crippen LogP contribution in [-0.4, -0.2) is 71.9 Å². The van der Waals surface area contributed by atoms with Crippen molar-refractivity contribution in [2.75, 3.05) is 62.0 Å².